The van der Waals surface area contributed by atoms with Gasteiger partial charge in [-0.2, -0.15) is 0 Å². The number of hydrogen-bond acceptors (Lipinski definition) is 4. The number of carbonyl (C=O) groups excluding carboxylic acids is 3. The molecule has 2 N–H and O–H groups in total. The Labute approximate surface area is 142 Å². The molecule has 0 fully saturated rings. The number of imidazole rings is 1. The summed E-state index contributed by atoms with van der Waals surface area (Å²) < 4.78 is 0. The number of imide groups is 1. The quantitative estimate of drug-likeness (QED) is 0.707. The Balaban J connectivity index is 1.41. The van der Waals surface area contributed by atoms with Crippen molar-refractivity contribution in [2.75, 3.05) is 6.54 Å². The Morgan fingerprint density at radius 1 is 1.08 bits per heavy atom. The summed E-state index contributed by atoms with van der Waals surface area (Å²) in [5.41, 5.74) is 3.30. The normalized spacial score (nSPS) is 13.4. The molecule has 7 nitrogen and oxygen atoms in total. The molecule has 2 aromatic carbocycles. The van der Waals surface area contributed by atoms with E-state index in [0.29, 0.717) is 17.7 Å². The zero-order chi connectivity index (χ0) is 17.4. The van der Waals surface area contributed by atoms with Crippen molar-refractivity contribution in [2.24, 2.45) is 0 Å². The zero-order valence-electron chi connectivity index (χ0n) is 13.2. The minimum Gasteiger partial charge on any atom is -0.350 e. The first-order chi connectivity index (χ1) is 12.1. The number of H-pyrrole nitrogens is 1. The standard InChI is InChI=1S/C18H14N4O3/c23-16(19-8-11-5-6-14-15(7-11)21-10-20-14)9-22-17(24)12-3-1-2-4-13(12)18(22)25/h1-7,10H,8-9H2,(H,19,23)(H,20,21). The summed E-state index contributed by atoms with van der Waals surface area (Å²) >= 11 is 0. The predicted molar refractivity (Wildman–Crippen MR) is 89.7 cm³/mol. The number of nitrogens with zero attached hydrogens (tertiary/aromatic N) is 2. The van der Waals surface area contributed by atoms with Gasteiger partial charge in [0.25, 0.3) is 11.8 Å². The molecule has 0 saturated heterocycles. The fourth-order valence-corrected chi connectivity index (χ4v) is 2.88. The van der Waals surface area contributed by atoms with Crippen LogP contribution in [0.25, 0.3) is 11.0 Å². The molecule has 1 aromatic heterocycles. The Kier molecular flexibility index (Phi) is 3.53. The second kappa shape index (κ2) is 5.86. The van der Waals surface area contributed by atoms with Gasteiger partial charge in [-0.3, -0.25) is 19.3 Å². The molecule has 0 aliphatic carbocycles. The highest BCUT2D eigenvalue weighted by molar-refractivity contribution is 6.22. The summed E-state index contributed by atoms with van der Waals surface area (Å²) in [5.74, 6) is -1.26. The smallest absolute Gasteiger partial charge is 0.262 e. The molecule has 0 saturated carbocycles. The van der Waals surface area contributed by atoms with Crippen molar-refractivity contribution in [2.45, 2.75) is 6.54 Å². The van der Waals surface area contributed by atoms with Crippen molar-refractivity contribution in [1.29, 1.82) is 0 Å². The lowest BCUT2D eigenvalue weighted by Crippen LogP contribution is -2.40. The SMILES string of the molecule is O=C(CN1C(=O)c2ccccc2C1=O)NCc1ccc2nc[nH]c2c1. The molecule has 4 rings (SSSR count). The Bertz CT molecular complexity index is 973. The van der Waals surface area contributed by atoms with E-state index < -0.39 is 11.8 Å². The van der Waals surface area contributed by atoms with Crippen LogP contribution < -0.4 is 5.32 Å². The maximum Gasteiger partial charge on any atom is 0.262 e. The van der Waals surface area contributed by atoms with E-state index in [1.807, 2.05) is 18.2 Å². The highest BCUT2D eigenvalue weighted by atomic mass is 16.2. The van der Waals surface area contributed by atoms with Gasteiger partial charge in [-0.1, -0.05) is 18.2 Å². The fraction of sp³-hybridized carbons (Fsp3) is 0.111. The van der Waals surface area contributed by atoms with Crippen LogP contribution in [0.15, 0.2) is 48.8 Å². The third-order valence-corrected chi connectivity index (χ3v) is 4.15. The molecule has 1 aliphatic rings. The molecular formula is C18H14N4O3. The van der Waals surface area contributed by atoms with Crippen molar-refractivity contribution in [3.05, 3.63) is 65.5 Å². The summed E-state index contributed by atoms with van der Waals surface area (Å²) in [6.07, 6.45) is 1.61. The van der Waals surface area contributed by atoms with Gasteiger partial charge in [0.15, 0.2) is 0 Å². The third kappa shape index (κ3) is 2.65. The number of aromatic nitrogens is 2. The zero-order valence-corrected chi connectivity index (χ0v) is 13.2. The summed E-state index contributed by atoms with van der Waals surface area (Å²) in [7, 11) is 0. The molecular weight excluding hydrogens is 320 g/mol. The average Bonchev–Trinajstić information content (AvgIpc) is 3.19. The summed E-state index contributed by atoms with van der Waals surface area (Å²) in [6, 6.07) is 12.2. The van der Waals surface area contributed by atoms with Crippen molar-refractivity contribution >= 4 is 28.8 Å². The summed E-state index contributed by atoms with van der Waals surface area (Å²) in [6.45, 7) is 0.00953. The number of benzene rings is 2. The number of hydrogen-bond donors (Lipinski definition) is 2. The van der Waals surface area contributed by atoms with Gasteiger partial charge in [0.1, 0.15) is 6.54 Å². The molecule has 25 heavy (non-hydrogen) atoms. The van der Waals surface area contributed by atoms with Crippen molar-refractivity contribution in [3.63, 3.8) is 0 Å². The predicted octanol–water partition coefficient (Wildman–Crippen LogP) is 1.48. The van der Waals surface area contributed by atoms with Crippen LogP contribution >= 0.6 is 0 Å². The first kappa shape index (κ1) is 15.1. The van der Waals surface area contributed by atoms with E-state index >= 15 is 0 Å². The molecule has 3 aromatic rings. The molecule has 0 unspecified atom stereocenters. The van der Waals surface area contributed by atoms with Gasteiger partial charge in [0.2, 0.25) is 5.91 Å². The van der Waals surface area contributed by atoms with Crippen LogP contribution in [0, 0.1) is 0 Å². The molecule has 0 atom stereocenters. The van der Waals surface area contributed by atoms with Gasteiger partial charge >= 0.3 is 0 Å². The minimum absolute atomic E-state index is 0.293. The number of aromatic amines is 1. The lowest BCUT2D eigenvalue weighted by molar-refractivity contribution is -0.121. The molecule has 124 valence electrons. The maximum absolute atomic E-state index is 12.2. The van der Waals surface area contributed by atoms with Crippen LogP contribution in [0.2, 0.25) is 0 Å². The molecule has 3 amide bonds. The lowest BCUT2D eigenvalue weighted by atomic mass is 10.1. The highest BCUT2D eigenvalue weighted by Gasteiger charge is 2.36. The van der Waals surface area contributed by atoms with Gasteiger partial charge in [-0.15, -0.1) is 0 Å². The van der Waals surface area contributed by atoms with Crippen LogP contribution in [-0.4, -0.2) is 39.1 Å². The number of carbonyl (C=O) groups is 3. The second-order valence-electron chi connectivity index (χ2n) is 5.77. The van der Waals surface area contributed by atoms with Crippen molar-refractivity contribution in [3.8, 4) is 0 Å². The largest absolute Gasteiger partial charge is 0.350 e. The third-order valence-electron chi connectivity index (χ3n) is 4.15. The molecule has 0 bridgehead atoms. The molecule has 7 heteroatoms. The van der Waals surface area contributed by atoms with E-state index in [0.717, 1.165) is 21.5 Å². The van der Waals surface area contributed by atoms with Crippen LogP contribution in [0.5, 0.6) is 0 Å². The molecule has 1 aliphatic heterocycles. The summed E-state index contributed by atoms with van der Waals surface area (Å²) in [4.78, 5) is 44.8. The first-order valence-electron chi connectivity index (χ1n) is 7.77. The number of fused-ring (bicyclic) bond motifs is 2. The first-order valence-corrected chi connectivity index (χ1v) is 7.77. The molecule has 0 spiro atoms. The van der Waals surface area contributed by atoms with Gasteiger partial charge < -0.3 is 10.3 Å². The van der Waals surface area contributed by atoms with Gasteiger partial charge in [-0.05, 0) is 29.8 Å². The van der Waals surface area contributed by atoms with Gasteiger partial charge in [0, 0.05) is 6.54 Å². The number of amides is 3. The second-order valence-corrected chi connectivity index (χ2v) is 5.77. The van der Waals surface area contributed by atoms with Crippen LogP contribution in [-0.2, 0) is 11.3 Å². The van der Waals surface area contributed by atoms with Gasteiger partial charge in [-0.25, -0.2) is 4.98 Å². The van der Waals surface area contributed by atoms with Gasteiger partial charge in [0.05, 0.1) is 28.5 Å². The van der Waals surface area contributed by atoms with E-state index in [9.17, 15) is 14.4 Å². The Hall–Kier alpha value is -3.48. The number of nitrogens with one attached hydrogen (secondary N) is 2. The van der Waals surface area contributed by atoms with E-state index in [-0.39, 0.29) is 12.5 Å². The molecule has 0 radical (unpaired) electrons. The summed E-state index contributed by atoms with van der Waals surface area (Å²) in [5, 5.41) is 2.73. The van der Waals surface area contributed by atoms with Crippen molar-refractivity contribution < 1.29 is 14.4 Å². The van der Waals surface area contributed by atoms with Crippen molar-refractivity contribution in [1.82, 2.24) is 20.2 Å². The fourth-order valence-electron chi connectivity index (χ4n) is 2.88. The average molecular weight is 334 g/mol. The van der Waals surface area contributed by atoms with Crippen LogP contribution in [0.3, 0.4) is 0 Å². The van der Waals surface area contributed by atoms with E-state index in [4.69, 9.17) is 0 Å². The molecule has 2 heterocycles. The van der Waals surface area contributed by atoms with Crippen LogP contribution in [0.1, 0.15) is 26.3 Å². The monoisotopic (exact) mass is 334 g/mol. The van der Waals surface area contributed by atoms with E-state index in [1.54, 1.807) is 30.6 Å². The minimum atomic E-state index is -0.436. The topological polar surface area (TPSA) is 95.2 Å². The van der Waals surface area contributed by atoms with E-state index in [1.165, 1.54) is 0 Å². The maximum atomic E-state index is 12.2. The Morgan fingerprint density at radius 2 is 1.80 bits per heavy atom. The Morgan fingerprint density at radius 3 is 2.52 bits per heavy atom. The van der Waals surface area contributed by atoms with E-state index in [2.05, 4.69) is 15.3 Å². The lowest BCUT2D eigenvalue weighted by Gasteiger charge is -2.13. The number of rotatable bonds is 4. The van der Waals surface area contributed by atoms with Crippen LogP contribution in [0.4, 0.5) is 0 Å². The highest BCUT2D eigenvalue weighted by Crippen LogP contribution is 2.21.